The molecule has 1 aromatic carbocycles. The van der Waals surface area contributed by atoms with Gasteiger partial charge in [0.2, 0.25) is 5.91 Å². The van der Waals surface area contributed by atoms with Gasteiger partial charge in [-0.25, -0.2) is 0 Å². The van der Waals surface area contributed by atoms with E-state index in [1.165, 1.54) is 6.92 Å². The molecule has 6 nitrogen and oxygen atoms in total. The van der Waals surface area contributed by atoms with E-state index in [2.05, 4.69) is 17.5 Å². The van der Waals surface area contributed by atoms with Gasteiger partial charge >= 0.3 is 0 Å². The quantitative estimate of drug-likeness (QED) is 0.421. The van der Waals surface area contributed by atoms with E-state index in [-0.39, 0.29) is 54.7 Å². The smallest absolute Gasteiger partial charge is 0.234 e. The molecule has 0 radical (unpaired) electrons. The van der Waals surface area contributed by atoms with Gasteiger partial charge in [0.1, 0.15) is 5.92 Å². The number of amides is 1. The van der Waals surface area contributed by atoms with E-state index >= 15 is 0 Å². The Morgan fingerprint density at radius 1 is 1.00 bits per heavy atom. The molecule has 0 aromatic heterocycles. The van der Waals surface area contributed by atoms with Crippen LogP contribution in [0.2, 0.25) is 0 Å². The van der Waals surface area contributed by atoms with E-state index in [1.54, 1.807) is 13.8 Å². The van der Waals surface area contributed by atoms with Gasteiger partial charge < -0.3 is 4.72 Å². The molecule has 0 heterocycles. The maximum absolute atomic E-state index is 12.6. The Kier molecular flexibility index (Phi) is 7.16. The molecule has 1 aliphatic carbocycles. The zero-order chi connectivity index (χ0) is 22.0. The summed E-state index contributed by atoms with van der Waals surface area (Å²) in [5.74, 6) is -3.09. The molecule has 0 saturated heterocycles. The summed E-state index contributed by atoms with van der Waals surface area (Å²) in [5.41, 5.74) is 4.22. The second-order valence-corrected chi connectivity index (χ2v) is 7.92. The van der Waals surface area contributed by atoms with Crippen molar-refractivity contribution < 1.29 is 24.0 Å². The van der Waals surface area contributed by atoms with Crippen LogP contribution in [0.1, 0.15) is 77.2 Å². The van der Waals surface area contributed by atoms with Gasteiger partial charge in [-0.1, -0.05) is 19.7 Å². The first-order valence-corrected chi connectivity index (χ1v) is 10.1. The van der Waals surface area contributed by atoms with E-state index in [1.807, 2.05) is 13.8 Å². The van der Waals surface area contributed by atoms with Gasteiger partial charge in [-0.2, -0.15) is 0 Å². The van der Waals surface area contributed by atoms with Crippen molar-refractivity contribution in [3.63, 3.8) is 0 Å². The van der Waals surface area contributed by atoms with Crippen LogP contribution in [0, 0.1) is 26.7 Å². The lowest BCUT2D eigenvalue weighted by atomic mass is 9.71. The topological polar surface area (TPSA) is 97.4 Å². The number of benzene rings is 1. The summed E-state index contributed by atoms with van der Waals surface area (Å²) in [5, 5.41) is 0. The normalized spacial score (nSPS) is 19.2. The van der Waals surface area contributed by atoms with Gasteiger partial charge in [-0.15, -0.1) is 0 Å². The zero-order valence-corrected chi connectivity index (χ0v) is 18.4. The van der Waals surface area contributed by atoms with Gasteiger partial charge in [0.15, 0.2) is 23.1 Å². The molecule has 156 valence electrons. The van der Waals surface area contributed by atoms with E-state index in [4.69, 9.17) is 0 Å². The molecule has 0 spiro atoms. The molecule has 29 heavy (non-hydrogen) atoms. The number of hydrogen-bond acceptors (Lipinski definition) is 6. The molecule has 1 amide bonds. The third-order valence-electron chi connectivity index (χ3n) is 5.90. The van der Waals surface area contributed by atoms with Crippen LogP contribution in [0.4, 0.5) is 0 Å². The molecular weight excluding hydrogens is 390 g/mol. The number of rotatable bonds is 6. The molecule has 1 aliphatic rings. The summed E-state index contributed by atoms with van der Waals surface area (Å²) in [4.78, 5) is 61.6. The van der Waals surface area contributed by atoms with Crippen molar-refractivity contribution in [3.05, 3.63) is 33.4 Å². The Morgan fingerprint density at radius 3 is 2.00 bits per heavy atom. The highest BCUT2D eigenvalue weighted by Crippen LogP contribution is 2.39. The minimum Gasteiger partial charge on any atom is -0.302 e. The standard InChI is InChI=1S/C22H27NO5S/c1-6-16(25)22-17(26)7-14(8-18(22)27)21-11(3)15(9-19(28)23-29)10(2)20(12(21)4)13(5)24/h14,22,29H,6-9H2,1-5H3,(H,23,28). The summed E-state index contributed by atoms with van der Waals surface area (Å²) >= 11 is 3.80. The monoisotopic (exact) mass is 417 g/mol. The van der Waals surface area contributed by atoms with Crippen molar-refractivity contribution in [2.75, 3.05) is 0 Å². The van der Waals surface area contributed by atoms with E-state index in [0.717, 1.165) is 22.3 Å². The lowest BCUT2D eigenvalue weighted by Gasteiger charge is -2.30. The number of carbonyl (C=O) groups is 5. The molecule has 1 fully saturated rings. The Bertz CT molecular complexity index is 901. The SMILES string of the molecule is CCC(=O)C1C(=O)CC(c2c(C)c(CC(=O)NS)c(C)c(C(C)=O)c2C)CC1=O. The van der Waals surface area contributed by atoms with Crippen LogP contribution in [0.25, 0.3) is 0 Å². The van der Waals surface area contributed by atoms with Crippen LogP contribution >= 0.6 is 12.8 Å². The first kappa shape index (κ1) is 23.0. The van der Waals surface area contributed by atoms with Crippen LogP contribution < -0.4 is 4.72 Å². The predicted molar refractivity (Wildman–Crippen MR) is 112 cm³/mol. The highest BCUT2D eigenvalue weighted by Gasteiger charge is 2.41. The summed E-state index contributed by atoms with van der Waals surface area (Å²) in [7, 11) is 0. The maximum Gasteiger partial charge on any atom is 0.234 e. The number of carbonyl (C=O) groups excluding carboxylic acids is 5. The average molecular weight is 418 g/mol. The van der Waals surface area contributed by atoms with Gasteiger partial charge in [-0.05, 0) is 61.4 Å². The van der Waals surface area contributed by atoms with Gasteiger partial charge in [0.05, 0.1) is 6.42 Å². The lowest BCUT2D eigenvalue weighted by molar-refractivity contribution is -0.142. The summed E-state index contributed by atoms with van der Waals surface area (Å²) < 4.78 is 2.29. The van der Waals surface area contributed by atoms with Crippen LogP contribution in [-0.4, -0.2) is 29.0 Å². The molecule has 7 heteroatoms. The molecule has 1 N–H and O–H groups in total. The molecule has 0 atom stereocenters. The van der Waals surface area contributed by atoms with Crippen LogP contribution in [0.5, 0.6) is 0 Å². The van der Waals surface area contributed by atoms with Crippen molar-refractivity contribution in [1.82, 2.24) is 4.72 Å². The number of nitrogens with one attached hydrogen (secondary N) is 1. The number of Topliss-reactive ketones (excluding diaryl/α,β-unsaturated/α-hetero) is 4. The second-order valence-electron chi connectivity index (χ2n) is 7.70. The predicted octanol–water partition coefficient (Wildman–Crippen LogP) is 2.93. The highest BCUT2D eigenvalue weighted by atomic mass is 32.1. The Balaban J connectivity index is 2.62. The number of ketones is 4. The van der Waals surface area contributed by atoms with Crippen molar-refractivity contribution >= 4 is 41.9 Å². The lowest BCUT2D eigenvalue weighted by Crippen LogP contribution is -2.38. The fourth-order valence-electron chi connectivity index (χ4n) is 4.64. The first-order valence-electron chi connectivity index (χ1n) is 9.69. The minimum absolute atomic E-state index is 0.0419. The van der Waals surface area contributed by atoms with E-state index in [0.29, 0.717) is 11.1 Å². The van der Waals surface area contributed by atoms with Crippen molar-refractivity contribution in [3.8, 4) is 0 Å². The molecule has 0 aliphatic heterocycles. The molecular formula is C22H27NO5S. The summed E-state index contributed by atoms with van der Waals surface area (Å²) in [6, 6.07) is 0. The first-order chi connectivity index (χ1) is 13.5. The van der Waals surface area contributed by atoms with Crippen LogP contribution in [0.3, 0.4) is 0 Å². The number of thiol groups is 1. The third-order valence-corrected chi connectivity index (χ3v) is 6.14. The third kappa shape index (κ3) is 4.34. The van der Waals surface area contributed by atoms with E-state index < -0.39 is 11.8 Å². The molecule has 1 aromatic rings. The minimum atomic E-state index is -1.16. The number of hydrogen-bond donors (Lipinski definition) is 2. The summed E-state index contributed by atoms with van der Waals surface area (Å²) in [6.45, 7) is 8.56. The molecule has 0 bridgehead atoms. The fourth-order valence-corrected chi connectivity index (χ4v) is 4.72. The van der Waals surface area contributed by atoms with Crippen LogP contribution in [-0.2, 0) is 25.6 Å². The largest absolute Gasteiger partial charge is 0.302 e. The summed E-state index contributed by atoms with van der Waals surface area (Å²) in [6.07, 6.45) is 0.331. The van der Waals surface area contributed by atoms with Crippen molar-refractivity contribution in [2.24, 2.45) is 5.92 Å². The van der Waals surface area contributed by atoms with Crippen molar-refractivity contribution in [1.29, 1.82) is 0 Å². The fraction of sp³-hybridized carbons (Fsp3) is 0.500. The Labute approximate surface area is 176 Å². The Hall–Kier alpha value is -2.28. The van der Waals surface area contributed by atoms with Crippen LogP contribution in [0.15, 0.2) is 0 Å². The molecule has 2 rings (SSSR count). The van der Waals surface area contributed by atoms with Crippen molar-refractivity contribution in [2.45, 2.75) is 66.2 Å². The Morgan fingerprint density at radius 2 is 1.55 bits per heavy atom. The van der Waals surface area contributed by atoms with Gasteiger partial charge in [-0.3, -0.25) is 24.0 Å². The van der Waals surface area contributed by atoms with Gasteiger partial charge in [0, 0.05) is 24.8 Å². The molecule has 0 unspecified atom stereocenters. The maximum atomic E-state index is 12.6. The zero-order valence-electron chi connectivity index (χ0n) is 17.5. The van der Waals surface area contributed by atoms with E-state index in [9.17, 15) is 24.0 Å². The molecule has 1 saturated carbocycles. The average Bonchev–Trinajstić information content (AvgIpc) is 2.63. The van der Waals surface area contributed by atoms with Gasteiger partial charge in [0.25, 0.3) is 0 Å². The second kappa shape index (κ2) is 9.03. The highest BCUT2D eigenvalue weighted by molar-refractivity contribution is 7.78.